The fourth-order valence-electron chi connectivity index (χ4n) is 5.74. The molecule has 9 heteroatoms. The fourth-order valence-corrected chi connectivity index (χ4v) is 5.74. The summed E-state index contributed by atoms with van der Waals surface area (Å²) in [6.07, 6.45) is -0.185. The molecular formula is C33H31FN4O4. The molecule has 5 aromatic rings. The molecule has 42 heavy (non-hydrogen) atoms. The number of aliphatic hydroxyl groups excluding tert-OH is 1. The maximum atomic E-state index is 13.3. The molecule has 2 amide bonds. The van der Waals surface area contributed by atoms with Gasteiger partial charge in [0, 0.05) is 47.2 Å². The standard InChI is InChI=1S/C33H31FN4O4/c1-19-24(3-2-4-28(19)37-33(41)21-6-8-22(34)9-7-21)25-11-12-27(32(35)40)31-30(25)26-10-5-20(15-29(26)36-31)16-38-13-14-42-23(17-38)18-39/h2-12,15,23,36,39H,13-14,16-18H2,1H3,(H2,35,40)(H,37,41). The Labute approximate surface area is 241 Å². The van der Waals surface area contributed by atoms with Crippen LogP contribution in [0.15, 0.2) is 72.8 Å². The van der Waals surface area contributed by atoms with Gasteiger partial charge in [-0.05, 0) is 71.6 Å². The normalized spacial score (nSPS) is 15.7. The smallest absolute Gasteiger partial charge is 0.255 e. The fraction of sp³-hybridized carbons (Fsp3) is 0.212. The molecule has 0 saturated carbocycles. The topological polar surface area (TPSA) is 121 Å². The number of hydrogen-bond donors (Lipinski definition) is 4. The number of primary amides is 1. The second-order valence-electron chi connectivity index (χ2n) is 10.6. The van der Waals surface area contributed by atoms with Crippen molar-refractivity contribution >= 4 is 39.3 Å². The lowest BCUT2D eigenvalue weighted by atomic mass is 9.93. The molecule has 0 aliphatic carbocycles. The van der Waals surface area contributed by atoms with Crippen LogP contribution in [0.5, 0.6) is 0 Å². The minimum atomic E-state index is -0.529. The van der Waals surface area contributed by atoms with E-state index in [9.17, 15) is 19.1 Å². The molecule has 1 fully saturated rings. The van der Waals surface area contributed by atoms with Gasteiger partial charge in [0.05, 0.1) is 30.4 Å². The van der Waals surface area contributed by atoms with Gasteiger partial charge in [-0.25, -0.2) is 4.39 Å². The van der Waals surface area contributed by atoms with Crippen molar-refractivity contribution in [3.8, 4) is 11.1 Å². The van der Waals surface area contributed by atoms with Gasteiger partial charge in [0.1, 0.15) is 5.82 Å². The van der Waals surface area contributed by atoms with Crippen molar-refractivity contribution in [2.75, 3.05) is 31.6 Å². The van der Waals surface area contributed by atoms with Gasteiger partial charge in [-0.1, -0.05) is 30.3 Å². The number of morpholine rings is 1. The average Bonchev–Trinajstić information content (AvgIpc) is 3.37. The Morgan fingerprint density at radius 2 is 1.90 bits per heavy atom. The van der Waals surface area contributed by atoms with Gasteiger partial charge in [0.15, 0.2) is 0 Å². The van der Waals surface area contributed by atoms with E-state index < -0.39 is 11.7 Å². The van der Waals surface area contributed by atoms with E-state index in [-0.39, 0.29) is 18.6 Å². The monoisotopic (exact) mass is 566 g/mol. The summed E-state index contributed by atoms with van der Waals surface area (Å²) in [4.78, 5) is 31.0. The van der Waals surface area contributed by atoms with E-state index in [0.29, 0.717) is 42.0 Å². The van der Waals surface area contributed by atoms with Crippen molar-refractivity contribution in [1.29, 1.82) is 0 Å². The second kappa shape index (κ2) is 11.4. The number of carbonyl (C=O) groups is 2. The molecule has 0 bridgehead atoms. The summed E-state index contributed by atoms with van der Waals surface area (Å²) in [7, 11) is 0. The van der Waals surface area contributed by atoms with E-state index in [0.717, 1.165) is 45.1 Å². The maximum Gasteiger partial charge on any atom is 0.255 e. The number of aromatic amines is 1. The van der Waals surface area contributed by atoms with E-state index in [1.807, 2.05) is 31.2 Å². The molecule has 1 aliphatic rings. The number of amides is 2. The predicted octanol–water partition coefficient (Wildman–Crippen LogP) is 4.98. The summed E-state index contributed by atoms with van der Waals surface area (Å²) in [5.74, 6) is -1.27. The number of hydrogen-bond acceptors (Lipinski definition) is 5. The molecule has 1 saturated heterocycles. The zero-order valence-corrected chi connectivity index (χ0v) is 23.1. The molecule has 1 unspecified atom stereocenters. The molecular weight excluding hydrogens is 535 g/mol. The zero-order valence-electron chi connectivity index (χ0n) is 23.1. The first-order valence-corrected chi connectivity index (χ1v) is 13.8. The van der Waals surface area contributed by atoms with Crippen LogP contribution in [0.3, 0.4) is 0 Å². The zero-order chi connectivity index (χ0) is 29.4. The molecule has 5 N–H and O–H groups in total. The largest absolute Gasteiger partial charge is 0.394 e. The Morgan fingerprint density at radius 1 is 1.10 bits per heavy atom. The molecule has 8 nitrogen and oxygen atoms in total. The minimum Gasteiger partial charge on any atom is -0.394 e. The summed E-state index contributed by atoms with van der Waals surface area (Å²) in [6, 6.07) is 20.9. The first-order valence-electron chi connectivity index (χ1n) is 13.8. The lowest BCUT2D eigenvalue weighted by molar-refractivity contribution is -0.0550. The van der Waals surface area contributed by atoms with E-state index in [1.165, 1.54) is 24.3 Å². The predicted molar refractivity (Wildman–Crippen MR) is 161 cm³/mol. The summed E-state index contributed by atoms with van der Waals surface area (Å²) >= 11 is 0. The second-order valence-corrected chi connectivity index (χ2v) is 10.6. The highest BCUT2D eigenvalue weighted by atomic mass is 19.1. The summed E-state index contributed by atoms with van der Waals surface area (Å²) < 4.78 is 18.9. The number of ether oxygens (including phenoxy) is 1. The summed E-state index contributed by atoms with van der Waals surface area (Å²) in [6.45, 7) is 4.64. The first kappa shape index (κ1) is 27.6. The highest BCUT2D eigenvalue weighted by Crippen LogP contribution is 2.39. The number of halogens is 1. The molecule has 1 aromatic heterocycles. The number of nitrogens with zero attached hydrogens (tertiary/aromatic N) is 1. The average molecular weight is 567 g/mol. The molecule has 1 atom stereocenters. The Morgan fingerprint density at radius 3 is 2.67 bits per heavy atom. The van der Waals surface area contributed by atoms with Crippen LogP contribution >= 0.6 is 0 Å². The first-order chi connectivity index (χ1) is 20.3. The number of aromatic nitrogens is 1. The number of carbonyl (C=O) groups excluding carboxylic acids is 2. The van der Waals surface area contributed by atoms with Crippen molar-refractivity contribution < 1.29 is 23.8 Å². The van der Waals surface area contributed by atoms with Gasteiger partial charge in [-0.3, -0.25) is 14.5 Å². The van der Waals surface area contributed by atoms with E-state index >= 15 is 0 Å². The minimum absolute atomic E-state index is 0.00718. The Balaban J connectivity index is 1.40. The molecule has 4 aromatic carbocycles. The van der Waals surface area contributed by atoms with Crippen LogP contribution < -0.4 is 11.1 Å². The van der Waals surface area contributed by atoms with Crippen molar-refractivity contribution in [3.63, 3.8) is 0 Å². The Hall–Kier alpha value is -4.57. The van der Waals surface area contributed by atoms with Crippen LogP contribution in [0.1, 0.15) is 31.8 Å². The number of nitrogens with two attached hydrogens (primary N) is 1. The summed E-state index contributed by atoms with van der Waals surface area (Å²) in [5, 5.41) is 14.3. The van der Waals surface area contributed by atoms with Gasteiger partial charge >= 0.3 is 0 Å². The van der Waals surface area contributed by atoms with E-state index in [2.05, 4.69) is 33.4 Å². The Kier molecular flexibility index (Phi) is 7.47. The van der Waals surface area contributed by atoms with Gasteiger partial charge in [-0.15, -0.1) is 0 Å². The van der Waals surface area contributed by atoms with E-state index in [4.69, 9.17) is 10.5 Å². The van der Waals surface area contributed by atoms with Crippen LogP contribution in [0.2, 0.25) is 0 Å². The molecule has 214 valence electrons. The van der Waals surface area contributed by atoms with Crippen molar-refractivity contribution in [3.05, 3.63) is 101 Å². The SMILES string of the molecule is Cc1c(NC(=O)c2ccc(F)cc2)cccc1-c1ccc(C(N)=O)c2[nH]c3cc(CN4CCOC(CO)C4)ccc3c12. The number of fused-ring (bicyclic) bond motifs is 3. The van der Waals surface area contributed by atoms with Crippen LogP contribution in [0, 0.1) is 12.7 Å². The number of nitrogens with one attached hydrogen (secondary N) is 2. The summed E-state index contributed by atoms with van der Waals surface area (Å²) in [5.41, 5.74) is 12.4. The lowest BCUT2D eigenvalue weighted by Crippen LogP contribution is -2.43. The number of aliphatic hydroxyl groups is 1. The van der Waals surface area contributed by atoms with Crippen LogP contribution in [0.25, 0.3) is 32.9 Å². The van der Waals surface area contributed by atoms with Crippen molar-refractivity contribution in [2.24, 2.45) is 5.73 Å². The van der Waals surface area contributed by atoms with Gasteiger partial charge in [0.25, 0.3) is 11.8 Å². The number of benzene rings is 4. The number of rotatable bonds is 7. The number of anilines is 1. The highest BCUT2D eigenvalue weighted by molar-refractivity contribution is 6.20. The van der Waals surface area contributed by atoms with Crippen LogP contribution in [-0.4, -0.2) is 59.2 Å². The third-order valence-corrected chi connectivity index (χ3v) is 7.90. The third kappa shape index (κ3) is 5.25. The quantitative estimate of drug-likeness (QED) is 0.222. The maximum absolute atomic E-state index is 13.3. The van der Waals surface area contributed by atoms with Crippen molar-refractivity contribution in [1.82, 2.24) is 9.88 Å². The van der Waals surface area contributed by atoms with Gasteiger partial charge in [-0.2, -0.15) is 0 Å². The molecule has 1 aliphatic heterocycles. The molecule has 6 rings (SSSR count). The van der Waals surface area contributed by atoms with Gasteiger partial charge in [0.2, 0.25) is 0 Å². The number of H-pyrrole nitrogens is 1. The van der Waals surface area contributed by atoms with Crippen LogP contribution in [-0.2, 0) is 11.3 Å². The van der Waals surface area contributed by atoms with Crippen LogP contribution in [0.4, 0.5) is 10.1 Å². The molecule has 0 spiro atoms. The molecule has 0 radical (unpaired) electrons. The third-order valence-electron chi connectivity index (χ3n) is 7.90. The molecule has 2 heterocycles. The van der Waals surface area contributed by atoms with Gasteiger partial charge < -0.3 is 25.9 Å². The highest BCUT2D eigenvalue weighted by Gasteiger charge is 2.22. The Bertz CT molecular complexity index is 1820. The lowest BCUT2D eigenvalue weighted by Gasteiger charge is -2.32. The van der Waals surface area contributed by atoms with Crippen molar-refractivity contribution in [2.45, 2.75) is 19.6 Å². The van der Waals surface area contributed by atoms with E-state index in [1.54, 1.807) is 6.07 Å².